The Kier molecular flexibility index (Phi) is 5.90. The summed E-state index contributed by atoms with van der Waals surface area (Å²) in [6.45, 7) is 0. The Hall–Kier alpha value is -2.68. The minimum Gasteiger partial charge on any atom is -0.511 e. The van der Waals surface area contributed by atoms with Crippen LogP contribution in [0.1, 0.15) is 44.1 Å². The lowest BCUT2D eigenvalue weighted by atomic mass is 9.77. The second-order valence-corrected chi connectivity index (χ2v) is 8.84. The number of aliphatic hydroxyl groups excluding tert-OH is 1. The summed E-state index contributed by atoms with van der Waals surface area (Å²) < 4.78 is 11.3. The van der Waals surface area contributed by atoms with E-state index in [9.17, 15) is 9.90 Å². The molecular weight excluding hydrogens is 404 g/mol. The number of esters is 1. The average molecular weight is 431 g/mol. The van der Waals surface area contributed by atoms with Gasteiger partial charge in [0, 0.05) is 6.42 Å². The molecule has 0 spiro atoms. The van der Waals surface area contributed by atoms with Crippen LogP contribution in [0.4, 0.5) is 5.95 Å². The largest absolute Gasteiger partial charge is 0.511 e. The predicted molar refractivity (Wildman–Crippen MR) is 113 cm³/mol. The van der Waals surface area contributed by atoms with Crippen molar-refractivity contribution in [1.82, 2.24) is 15.2 Å². The second-order valence-electron chi connectivity index (χ2n) is 7.84. The smallest absolute Gasteiger partial charge is 0.349 e. The van der Waals surface area contributed by atoms with Gasteiger partial charge in [0.1, 0.15) is 22.0 Å². The number of nitrogens with two attached hydrogens (primary N) is 1. The Morgan fingerprint density at radius 2 is 2.07 bits per heavy atom. The fourth-order valence-electron chi connectivity index (χ4n) is 4.42. The van der Waals surface area contributed by atoms with Crippen molar-refractivity contribution < 1.29 is 19.4 Å². The van der Waals surface area contributed by atoms with Gasteiger partial charge >= 0.3 is 5.97 Å². The number of cyclic esters (lactones) is 1. The van der Waals surface area contributed by atoms with E-state index in [1.165, 1.54) is 0 Å². The molecule has 0 bridgehead atoms. The Morgan fingerprint density at radius 1 is 1.33 bits per heavy atom. The Bertz CT molecular complexity index is 937. The van der Waals surface area contributed by atoms with E-state index in [0.29, 0.717) is 18.0 Å². The van der Waals surface area contributed by atoms with Gasteiger partial charge in [-0.05, 0) is 61.1 Å². The molecule has 1 aliphatic carbocycles. The summed E-state index contributed by atoms with van der Waals surface area (Å²) in [7, 11) is 1.64. The first-order chi connectivity index (χ1) is 14.5. The van der Waals surface area contributed by atoms with Crippen molar-refractivity contribution in [3.05, 3.63) is 40.5 Å². The van der Waals surface area contributed by atoms with Crippen molar-refractivity contribution in [2.75, 3.05) is 12.8 Å². The van der Waals surface area contributed by atoms with E-state index >= 15 is 0 Å². The van der Waals surface area contributed by atoms with E-state index in [1.54, 1.807) is 7.11 Å². The molecule has 0 radical (unpaired) electrons. The van der Waals surface area contributed by atoms with Crippen molar-refractivity contribution in [3.8, 4) is 5.75 Å². The SMILES string of the molecule is COc1ccc(CCC2(C3CCCC3)CC(O)=C(Sc3nc(N)n[nH]3)C(=O)O2)cc1. The summed E-state index contributed by atoms with van der Waals surface area (Å²) in [5, 5.41) is 17.6. The number of hydrogen-bond donors (Lipinski definition) is 3. The first-order valence-corrected chi connectivity index (χ1v) is 10.9. The molecular formula is C21H26N4O4S. The van der Waals surface area contributed by atoms with Crippen molar-refractivity contribution in [3.63, 3.8) is 0 Å². The van der Waals surface area contributed by atoms with Crippen molar-refractivity contribution in [1.29, 1.82) is 0 Å². The lowest BCUT2D eigenvalue weighted by molar-refractivity contribution is -0.166. The fourth-order valence-corrected chi connectivity index (χ4v) is 5.16. The average Bonchev–Trinajstić information content (AvgIpc) is 3.42. The normalized spacial score (nSPS) is 22.4. The molecule has 1 saturated carbocycles. The molecule has 0 saturated heterocycles. The van der Waals surface area contributed by atoms with Crippen LogP contribution in [0, 0.1) is 5.92 Å². The second kappa shape index (κ2) is 8.59. The molecule has 30 heavy (non-hydrogen) atoms. The van der Waals surface area contributed by atoms with Crippen LogP contribution in [0.5, 0.6) is 5.75 Å². The van der Waals surface area contributed by atoms with Crippen LogP contribution in [-0.2, 0) is 16.0 Å². The molecule has 160 valence electrons. The summed E-state index contributed by atoms with van der Waals surface area (Å²) in [5.41, 5.74) is 5.97. The summed E-state index contributed by atoms with van der Waals surface area (Å²) in [4.78, 5) is 17.0. The number of thioether (sulfide) groups is 1. The molecule has 0 amide bonds. The molecule has 1 atom stereocenters. The minimum absolute atomic E-state index is 0.0489. The number of aromatic amines is 1. The number of benzene rings is 1. The topological polar surface area (TPSA) is 123 Å². The Labute approximate surface area is 179 Å². The number of methoxy groups -OCH3 is 1. The van der Waals surface area contributed by atoms with Gasteiger partial charge in [-0.15, -0.1) is 5.10 Å². The lowest BCUT2D eigenvalue weighted by Gasteiger charge is -2.41. The predicted octanol–water partition coefficient (Wildman–Crippen LogP) is 3.77. The van der Waals surface area contributed by atoms with Gasteiger partial charge in [-0.25, -0.2) is 4.79 Å². The number of aromatic nitrogens is 3. The number of aliphatic hydroxyl groups is 1. The van der Waals surface area contributed by atoms with Gasteiger partial charge < -0.3 is 20.3 Å². The quantitative estimate of drug-likeness (QED) is 0.567. The molecule has 1 aliphatic heterocycles. The molecule has 2 aromatic rings. The van der Waals surface area contributed by atoms with Crippen molar-refractivity contribution in [2.45, 2.75) is 55.7 Å². The Morgan fingerprint density at radius 3 is 2.67 bits per heavy atom. The summed E-state index contributed by atoms with van der Waals surface area (Å²) in [6.07, 6.45) is 5.97. The van der Waals surface area contributed by atoms with Gasteiger partial charge in [0.25, 0.3) is 0 Å². The highest BCUT2D eigenvalue weighted by Crippen LogP contribution is 2.47. The molecule has 9 heteroatoms. The van der Waals surface area contributed by atoms with Crippen LogP contribution < -0.4 is 10.5 Å². The first-order valence-electron chi connectivity index (χ1n) is 10.1. The highest BCUT2D eigenvalue weighted by Gasteiger charge is 2.48. The van der Waals surface area contributed by atoms with Crippen molar-refractivity contribution >= 4 is 23.7 Å². The maximum Gasteiger partial charge on any atom is 0.349 e. The third-order valence-electron chi connectivity index (χ3n) is 5.99. The van der Waals surface area contributed by atoms with E-state index in [-0.39, 0.29) is 22.5 Å². The van der Waals surface area contributed by atoms with E-state index < -0.39 is 11.6 Å². The van der Waals surface area contributed by atoms with Crippen molar-refractivity contribution in [2.24, 2.45) is 5.92 Å². The summed E-state index contributed by atoms with van der Waals surface area (Å²) in [5.74, 6) is 0.674. The third-order valence-corrected chi connectivity index (χ3v) is 6.97. The number of anilines is 1. The molecule has 2 heterocycles. The number of carbonyl (C=O) groups excluding carboxylic acids is 1. The highest BCUT2D eigenvalue weighted by atomic mass is 32.2. The molecule has 1 unspecified atom stereocenters. The molecule has 2 aliphatic rings. The zero-order chi connectivity index (χ0) is 21.1. The van der Waals surface area contributed by atoms with Gasteiger partial charge in [-0.1, -0.05) is 25.0 Å². The number of nitrogens with one attached hydrogen (secondary N) is 1. The standard InChI is InChI=1S/C21H26N4O4S/c1-28-15-8-6-13(7-9-15)10-11-21(14-4-2-3-5-14)12-16(26)17(18(27)29-21)30-20-23-19(22)24-25-20/h6-9,14,26H,2-5,10-12H2,1H3,(H3,22,23,24,25). The van der Waals surface area contributed by atoms with Crippen LogP contribution >= 0.6 is 11.8 Å². The number of ether oxygens (including phenoxy) is 2. The van der Waals surface area contributed by atoms with Crippen LogP contribution in [0.3, 0.4) is 0 Å². The lowest BCUT2D eigenvalue weighted by Crippen LogP contribution is -2.45. The summed E-state index contributed by atoms with van der Waals surface area (Å²) in [6, 6.07) is 7.91. The van der Waals surface area contributed by atoms with Gasteiger partial charge in [0.2, 0.25) is 5.95 Å². The van der Waals surface area contributed by atoms with Gasteiger partial charge in [0.05, 0.1) is 7.11 Å². The number of carbonyl (C=O) groups is 1. The molecule has 4 N–H and O–H groups in total. The van der Waals surface area contributed by atoms with Crippen LogP contribution in [0.2, 0.25) is 0 Å². The monoisotopic (exact) mass is 430 g/mol. The van der Waals surface area contributed by atoms with E-state index in [4.69, 9.17) is 15.2 Å². The number of nitrogens with zero attached hydrogens (tertiary/aromatic N) is 2. The molecule has 1 fully saturated rings. The molecule has 4 rings (SSSR count). The van der Waals surface area contributed by atoms with Crippen LogP contribution in [0.15, 0.2) is 40.1 Å². The van der Waals surface area contributed by atoms with Crippen LogP contribution in [0.25, 0.3) is 0 Å². The molecule has 1 aromatic heterocycles. The zero-order valence-electron chi connectivity index (χ0n) is 16.9. The molecule has 1 aromatic carbocycles. The minimum atomic E-state index is -0.692. The number of nitrogen functional groups attached to an aromatic ring is 1. The van der Waals surface area contributed by atoms with E-state index in [2.05, 4.69) is 15.2 Å². The summed E-state index contributed by atoms with van der Waals surface area (Å²) >= 11 is 0.995. The van der Waals surface area contributed by atoms with E-state index in [0.717, 1.165) is 55.2 Å². The maximum absolute atomic E-state index is 12.9. The Balaban J connectivity index is 1.55. The fraction of sp³-hybridized carbons (Fsp3) is 0.476. The van der Waals surface area contributed by atoms with E-state index in [1.807, 2.05) is 24.3 Å². The maximum atomic E-state index is 12.9. The highest BCUT2D eigenvalue weighted by molar-refractivity contribution is 8.03. The van der Waals surface area contributed by atoms with Crippen LogP contribution in [-0.4, -0.2) is 39.0 Å². The third kappa shape index (κ3) is 4.26. The number of rotatable bonds is 7. The van der Waals surface area contributed by atoms with Gasteiger partial charge in [0.15, 0.2) is 5.16 Å². The van der Waals surface area contributed by atoms with Gasteiger partial charge in [-0.2, -0.15) is 4.98 Å². The molecule has 8 nitrogen and oxygen atoms in total. The number of aryl methyl sites for hydroxylation is 1. The number of H-pyrrole nitrogens is 1. The number of hydrogen-bond acceptors (Lipinski definition) is 8. The van der Waals surface area contributed by atoms with Gasteiger partial charge in [-0.3, -0.25) is 5.10 Å². The zero-order valence-corrected chi connectivity index (χ0v) is 17.7. The first kappa shape index (κ1) is 20.6.